The maximum atomic E-state index is 12.1. The molecule has 0 aliphatic rings. The summed E-state index contributed by atoms with van der Waals surface area (Å²) in [6.45, 7) is 0.149. The van der Waals surface area contributed by atoms with Crippen LogP contribution in [0.5, 0.6) is 0 Å². The first-order valence-corrected chi connectivity index (χ1v) is 8.39. The van der Waals surface area contributed by atoms with Crippen molar-refractivity contribution in [2.45, 2.75) is 13.2 Å². The van der Waals surface area contributed by atoms with Crippen LogP contribution < -0.4 is 0 Å². The molecule has 11 nitrogen and oxygen atoms in total. The van der Waals surface area contributed by atoms with Crippen molar-refractivity contribution in [2.24, 2.45) is 0 Å². The molecule has 3 heterocycles. The van der Waals surface area contributed by atoms with Gasteiger partial charge in [0.05, 0.1) is 11.5 Å². The fourth-order valence-electron chi connectivity index (χ4n) is 2.48. The number of hydrogen-bond donors (Lipinski definition) is 0. The quantitative estimate of drug-likeness (QED) is 0.262. The number of nitro benzene ring substituents is 1. The van der Waals surface area contributed by atoms with Gasteiger partial charge in [0.2, 0.25) is 11.7 Å². The fraction of sp³-hybridized carbons (Fsp3) is 0.111. The van der Waals surface area contributed by atoms with Crippen molar-refractivity contribution >= 4 is 11.7 Å². The van der Waals surface area contributed by atoms with Crippen LogP contribution >= 0.6 is 0 Å². The van der Waals surface area contributed by atoms with Crippen LogP contribution in [0.25, 0.3) is 11.5 Å². The Morgan fingerprint density at radius 3 is 2.69 bits per heavy atom. The SMILES string of the molecule is O=C(OCc1nnc(-c2ccc([N+](=O)[O-])cc2)o1)c1ccc(Cn2cccn2)o1. The highest BCUT2D eigenvalue weighted by atomic mass is 16.6. The lowest BCUT2D eigenvalue weighted by atomic mass is 10.2. The lowest BCUT2D eigenvalue weighted by Crippen LogP contribution is -2.04. The van der Waals surface area contributed by atoms with Crippen LogP contribution in [-0.4, -0.2) is 30.9 Å². The molecule has 0 amide bonds. The number of non-ortho nitro benzene ring substituents is 1. The van der Waals surface area contributed by atoms with E-state index in [9.17, 15) is 14.9 Å². The normalized spacial score (nSPS) is 10.8. The number of furan rings is 1. The van der Waals surface area contributed by atoms with Crippen molar-refractivity contribution in [3.05, 3.63) is 82.4 Å². The third kappa shape index (κ3) is 4.18. The monoisotopic (exact) mass is 395 g/mol. The Labute approximate surface area is 162 Å². The molecule has 29 heavy (non-hydrogen) atoms. The zero-order valence-electron chi connectivity index (χ0n) is 14.8. The molecule has 0 atom stereocenters. The number of aromatic nitrogens is 4. The number of ether oxygens (including phenoxy) is 1. The lowest BCUT2D eigenvalue weighted by Gasteiger charge is -2.00. The average molecular weight is 395 g/mol. The molecule has 0 saturated heterocycles. The minimum atomic E-state index is -0.674. The van der Waals surface area contributed by atoms with Crippen LogP contribution in [0.1, 0.15) is 22.2 Å². The molecule has 0 aliphatic carbocycles. The summed E-state index contributed by atoms with van der Waals surface area (Å²) in [7, 11) is 0. The van der Waals surface area contributed by atoms with Crippen LogP contribution in [0.15, 0.2) is 63.7 Å². The Kier molecular flexibility index (Phi) is 4.84. The highest BCUT2D eigenvalue weighted by molar-refractivity contribution is 5.86. The van der Waals surface area contributed by atoms with E-state index < -0.39 is 10.9 Å². The number of carbonyl (C=O) groups excluding carboxylic acids is 1. The third-order valence-corrected chi connectivity index (χ3v) is 3.86. The van der Waals surface area contributed by atoms with Gasteiger partial charge in [-0.05, 0) is 30.3 Å². The largest absolute Gasteiger partial charge is 0.452 e. The number of nitro groups is 1. The molecule has 0 saturated carbocycles. The van der Waals surface area contributed by atoms with E-state index in [2.05, 4.69) is 15.3 Å². The highest BCUT2D eigenvalue weighted by Crippen LogP contribution is 2.21. The number of hydrogen-bond acceptors (Lipinski definition) is 9. The summed E-state index contributed by atoms with van der Waals surface area (Å²) < 4.78 is 17.7. The minimum absolute atomic E-state index is 0.0438. The smallest absolute Gasteiger partial charge is 0.374 e. The predicted molar refractivity (Wildman–Crippen MR) is 95.5 cm³/mol. The van der Waals surface area contributed by atoms with Gasteiger partial charge in [-0.25, -0.2) is 4.79 Å². The summed E-state index contributed by atoms with van der Waals surface area (Å²) in [5.41, 5.74) is 0.461. The molecule has 4 rings (SSSR count). The second kappa shape index (κ2) is 7.76. The van der Waals surface area contributed by atoms with Crippen LogP contribution in [-0.2, 0) is 17.9 Å². The minimum Gasteiger partial charge on any atom is -0.452 e. The lowest BCUT2D eigenvalue weighted by molar-refractivity contribution is -0.384. The second-order valence-corrected chi connectivity index (χ2v) is 5.85. The van der Waals surface area contributed by atoms with Gasteiger partial charge in [0.25, 0.3) is 11.6 Å². The summed E-state index contributed by atoms with van der Waals surface area (Å²) in [5, 5.41) is 22.4. The molecule has 11 heteroatoms. The van der Waals surface area contributed by atoms with Crippen molar-refractivity contribution in [1.29, 1.82) is 0 Å². The van der Waals surface area contributed by atoms with E-state index in [1.807, 2.05) is 0 Å². The molecule has 0 radical (unpaired) electrons. The first-order chi connectivity index (χ1) is 14.1. The summed E-state index contributed by atoms with van der Waals surface area (Å²) in [5.74, 6) is 0.161. The van der Waals surface area contributed by atoms with E-state index in [4.69, 9.17) is 13.6 Å². The number of nitrogens with zero attached hydrogens (tertiary/aromatic N) is 5. The molecule has 146 valence electrons. The first kappa shape index (κ1) is 18.1. The van der Waals surface area contributed by atoms with Crippen LogP contribution in [0.4, 0.5) is 5.69 Å². The van der Waals surface area contributed by atoms with E-state index in [1.54, 1.807) is 29.2 Å². The number of esters is 1. The summed E-state index contributed by atoms with van der Waals surface area (Å²) in [6, 6.07) is 10.6. The van der Waals surface area contributed by atoms with Crippen molar-refractivity contribution < 1.29 is 23.3 Å². The van der Waals surface area contributed by atoms with Crippen molar-refractivity contribution in [3.8, 4) is 11.5 Å². The van der Waals surface area contributed by atoms with Crippen molar-refractivity contribution in [1.82, 2.24) is 20.0 Å². The predicted octanol–water partition coefficient (Wildman–Crippen LogP) is 2.84. The van der Waals surface area contributed by atoms with Crippen LogP contribution in [0, 0.1) is 10.1 Å². The van der Waals surface area contributed by atoms with E-state index in [0.29, 0.717) is 17.9 Å². The first-order valence-electron chi connectivity index (χ1n) is 8.39. The maximum Gasteiger partial charge on any atom is 0.374 e. The molecule has 3 aromatic heterocycles. The summed E-state index contributed by atoms with van der Waals surface area (Å²) in [4.78, 5) is 22.3. The number of carbonyl (C=O) groups is 1. The molecule has 1 aromatic carbocycles. The van der Waals surface area contributed by atoms with Crippen LogP contribution in [0.3, 0.4) is 0 Å². The van der Waals surface area contributed by atoms with Gasteiger partial charge in [0.15, 0.2) is 6.61 Å². The standard InChI is InChI=1S/C18H13N5O6/c24-18(15-7-6-14(28-15)10-22-9-1-8-19-22)27-11-16-20-21-17(29-16)12-2-4-13(5-3-12)23(25)26/h1-9H,10-11H2. The van der Waals surface area contributed by atoms with E-state index in [-0.39, 0.29) is 29.8 Å². The van der Waals surface area contributed by atoms with Gasteiger partial charge in [-0.1, -0.05) is 0 Å². The van der Waals surface area contributed by atoms with E-state index in [0.717, 1.165) is 0 Å². The maximum absolute atomic E-state index is 12.1. The molecular weight excluding hydrogens is 382 g/mol. The Morgan fingerprint density at radius 1 is 1.14 bits per heavy atom. The molecule has 0 fully saturated rings. The molecule has 0 N–H and O–H groups in total. The third-order valence-electron chi connectivity index (χ3n) is 3.86. The summed E-state index contributed by atoms with van der Waals surface area (Å²) in [6.07, 6.45) is 3.42. The zero-order valence-corrected chi connectivity index (χ0v) is 14.8. The second-order valence-electron chi connectivity index (χ2n) is 5.85. The topological polar surface area (TPSA) is 139 Å². The Balaban J connectivity index is 1.35. The van der Waals surface area contributed by atoms with Gasteiger partial charge in [-0.2, -0.15) is 5.10 Å². The molecule has 0 unspecified atom stereocenters. The van der Waals surface area contributed by atoms with Gasteiger partial charge in [0, 0.05) is 30.1 Å². The molecule has 0 spiro atoms. The van der Waals surface area contributed by atoms with Crippen LogP contribution in [0.2, 0.25) is 0 Å². The highest BCUT2D eigenvalue weighted by Gasteiger charge is 2.16. The Morgan fingerprint density at radius 2 is 1.97 bits per heavy atom. The van der Waals surface area contributed by atoms with Gasteiger partial charge in [0.1, 0.15) is 5.76 Å². The molecule has 0 bridgehead atoms. The molecule has 4 aromatic rings. The van der Waals surface area contributed by atoms with Gasteiger partial charge in [-0.3, -0.25) is 14.8 Å². The number of benzene rings is 1. The zero-order chi connectivity index (χ0) is 20.2. The fourth-order valence-corrected chi connectivity index (χ4v) is 2.48. The van der Waals surface area contributed by atoms with Gasteiger partial charge < -0.3 is 13.6 Å². The number of rotatable bonds is 7. The molecule has 0 aliphatic heterocycles. The molecular formula is C18H13N5O6. The van der Waals surface area contributed by atoms with Crippen molar-refractivity contribution in [3.63, 3.8) is 0 Å². The van der Waals surface area contributed by atoms with E-state index in [1.165, 1.54) is 30.3 Å². The van der Waals surface area contributed by atoms with E-state index >= 15 is 0 Å². The summed E-state index contributed by atoms with van der Waals surface area (Å²) >= 11 is 0. The Hall–Kier alpha value is -4.28. The Bertz CT molecular complexity index is 1130. The van der Waals surface area contributed by atoms with Gasteiger partial charge in [-0.15, -0.1) is 10.2 Å². The van der Waals surface area contributed by atoms with Crippen molar-refractivity contribution in [2.75, 3.05) is 0 Å². The van der Waals surface area contributed by atoms with Gasteiger partial charge >= 0.3 is 5.97 Å². The average Bonchev–Trinajstić information content (AvgIpc) is 3.49.